The molecule has 2 saturated heterocycles. The number of morpholine rings is 1. The maximum absolute atomic E-state index is 12.6. The predicted molar refractivity (Wildman–Crippen MR) is 123 cm³/mol. The fourth-order valence-corrected chi connectivity index (χ4v) is 3.96. The van der Waals surface area contributed by atoms with E-state index in [9.17, 15) is 9.59 Å². The second-order valence-electron chi connectivity index (χ2n) is 8.25. The minimum absolute atomic E-state index is 0.0110. The van der Waals surface area contributed by atoms with Crippen molar-refractivity contribution in [3.05, 3.63) is 41.7 Å². The van der Waals surface area contributed by atoms with Crippen LogP contribution in [0.5, 0.6) is 0 Å². The van der Waals surface area contributed by atoms with Crippen LogP contribution >= 0.6 is 0 Å². The normalized spacial score (nSPS) is 18.7. The number of amides is 2. The van der Waals surface area contributed by atoms with Gasteiger partial charge in [0.25, 0.3) is 0 Å². The van der Waals surface area contributed by atoms with Gasteiger partial charge in [-0.15, -0.1) is 0 Å². The minimum atomic E-state index is -0.337. The van der Waals surface area contributed by atoms with E-state index in [0.717, 1.165) is 30.2 Å². The van der Waals surface area contributed by atoms with E-state index in [1.165, 1.54) is 11.9 Å². The van der Waals surface area contributed by atoms with Gasteiger partial charge in [-0.05, 0) is 37.1 Å². The molecule has 9 heteroatoms. The summed E-state index contributed by atoms with van der Waals surface area (Å²) in [5.41, 5.74) is 3.17. The molecule has 0 radical (unpaired) electrons. The van der Waals surface area contributed by atoms with E-state index in [2.05, 4.69) is 25.5 Å². The van der Waals surface area contributed by atoms with Crippen LogP contribution in [-0.2, 0) is 14.3 Å². The van der Waals surface area contributed by atoms with Crippen LogP contribution in [0, 0.1) is 19.8 Å². The van der Waals surface area contributed by atoms with Crippen molar-refractivity contribution in [3.8, 4) is 0 Å². The van der Waals surface area contributed by atoms with Crippen molar-refractivity contribution in [1.82, 2.24) is 15.3 Å². The van der Waals surface area contributed by atoms with Gasteiger partial charge in [0.1, 0.15) is 18.0 Å². The molecule has 2 fully saturated rings. The van der Waals surface area contributed by atoms with Crippen molar-refractivity contribution in [3.63, 3.8) is 0 Å². The van der Waals surface area contributed by atoms with E-state index in [-0.39, 0.29) is 24.2 Å². The molecule has 1 aromatic heterocycles. The van der Waals surface area contributed by atoms with Crippen molar-refractivity contribution < 1.29 is 14.3 Å². The minimum Gasteiger partial charge on any atom is -0.378 e. The molecule has 0 aliphatic carbocycles. The molecule has 2 aromatic rings. The topological polar surface area (TPSA) is 99.7 Å². The summed E-state index contributed by atoms with van der Waals surface area (Å²) in [7, 11) is 0. The highest BCUT2D eigenvalue weighted by Gasteiger charge is 2.35. The predicted octanol–water partition coefficient (Wildman–Crippen LogP) is 1.51. The Balaban J connectivity index is 1.24. The highest BCUT2D eigenvalue weighted by molar-refractivity contribution is 6.00. The van der Waals surface area contributed by atoms with Gasteiger partial charge in [0.05, 0.1) is 19.1 Å². The van der Waals surface area contributed by atoms with Crippen LogP contribution < -0.4 is 20.4 Å². The van der Waals surface area contributed by atoms with Crippen molar-refractivity contribution >= 4 is 29.1 Å². The number of carbonyl (C=O) groups is 2. The second kappa shape index (κ2) is 9.95. The lowest BCUT2D eigenvalue weighted by Gasteiger charge is -2.27. The first kappa shape index (κ1) is 22.0. The van der Waals surface area contributed by atoms with Crippen LogP contribution in [0.4, 0.5) is 17.3 Å². The number of benzene rings is 1. The van der Waals surface area contributed by atoms with Crippen LogP contribution in [0.1, 0.15) is 17.5 Å². The maximum atomic E-state index is 12.6. The summed E-state index contributed by atoms with van der Waals surface area (Å²) >= 11 is 0. The number of hydrogen-bond acceptors (Lipinski definition) is 7. The molecular weight excluding hydrogens is 408 g/mol. The largest absolute Gasteiger partial charge is 0.378 e. The average molecular weight is 439 g/mol. The Morgan fingerprint density at radius 3 is 2.72 bits per heavy atom. The van der Waals surface area contributed by atoms with E-state index in [4.69, 9.17) is 4.74 Å². The molecule has 0 bridgehead atoms. The van der Waals surface area contributed by atoms with Crippen LogP contribution in [0.3, 0.4) is 0 Å². The Morgan fingerprint density at radius 2 is 1.94 bits per heavy atom. The van der Waals surface area contributed by atoms with E-state index in [0.29, 0.717) is 38.7 Å². The quantitative estimate of drug-likeness (QED) is 0.632. The SMILES string of the molecule is Cc1ccc(N2CC(C(=O)NCCNc3cc(N4CCOCC4)ncn3)CC2=O)cc1C. The van der Waals surface area contributed by atoms with Gasteiger partial charge in [0, 0.05) is 50.9 Å². The van der Waals surface area contributed by atoms with Gasteiger partial charge in [-0.25, -0.2) is 9.97 Å². The van der Waals surface area contributed by atoms with Gasteiger partial charge >= 0.3 is 0 Å². The number of anilines is 3. The molecular formula is C23H30N6O3. The van der Waals surface area contributed by atoms with E-state index in [1.54, 1.807) is 4.90 Å². The highest BCUT2D eigenvalue weighted by atomic mass is 16.5. The maximum Gasteiger partial charge on any atom is 0.227 e. The first-order valence-corrected chi connectivity index (χ1v) is 11.0. The summed E-state index contributed by atoms with van der Waals surface area (Å²) in [6.45, 7) is 8.48. The number of aromatic nitrogens is 2. The summed E-state index contributed by atoms with van der Waals surface area (Å²) in [5.74, 6) is 1.14. The lowest BCUT2D eigenvalue weighted by Crippen LogP contribution is -2.37. The summed E-state index contributed by atoms with van der Waals surface area (Å²) in [5, 5.41) is 6.16. The third-order valence-corrected chi connectivity index (χ3v) is 6.02. The molecule has 0 saturated carbocycles. The number of hydrogen-bond donors (Lipinski definition) is 2. The Morgan fingerprint density at radius 1 is 1.12 bits per heavy atom. The van der Waals surface area contributed by atoms with E-state index < -0.39 is 0 Å². The smallest absolute Gasteiger partial charge is 0.227 e. The van der Waals surface area contributed by atoms with Gasteiger partial charge in [0.15, 0.2) is 0 Å². The van der Waals surface area contributed by atoms with Gasteiger partial charge < -0.3 is 25.2 Å². The molecule has 2 aliphatic heterocycles. The summed E-state index contributed by atoms with van der Waals surface area (Å²) in [6, 6.07) is 7.86. The molecule has 4 rings (SSSR count). The average Bonchev–Trinajstić information content (AvgIpc) is 3.21. The molecule has 1 unspecified atom stereocenters. The molecule has 1 aromatic carbocycles. The second-order valence-corrected chi connectivity index (χ2v) is 8.25. The van der Waals surface area contributed by atoms with E-state index in [1.807, 2.05) is 38.1 Å². The lowest BCUT2D eigenvalue weighted by molar-refractivity contribution is -0.126. The highest BCUT2D eigenvalue weighted by Crippen LogP contribution is 2.27. The number of rotatable bonds is 7. The van der Waals surface area contributed by atoms with E-state index >= 15 is 0 Å². The van der Waals surface area contributed by atoms with Crippen molar-refractivity contribution in [2.75, 3.05) is 61.1 Å². The number of aryl methyl sites for hydroxylation is 2. The van der Waals surface area contributed by atoms with Gasteiger partial charge in [-0.2, -0.15) is 0 Å². The molecule has 3 heterocycles. The summed E-state index contributed by atoms with van der Waals surface area (Å²) < 4.78 is 5.38. The monoisotopic (exact) mass is 438 g/mol. The van der Waals surface area contributed by atoms with Crippen LogP contribution in [0.15, 0.2) is 30.6 Å². The first-order chi connectivity index (χ1) is 15.5. The molecule has 32 heavy (non-hydrogen) atoms. The Labute approximate surface area is 188 Å². The zero-order valence-electron chi connectivity index (χ0n) is 18.6. The van der Waals surface area contributed by atoms with Crippen LogP contribution in [0.2, 0.25) is 0 Å². The third-order valence-electron chi connectivity index (χ3n) is 6.02. The molecule has 170 valence electrons. The zero-order chi connectivity index (χ0) is 22.5. The molecule has 2 amide bonds. The van der Waals surface area contributed by atoms with Crippen molar-refractivity contribution in [2.24, 2.45) is 5.92 Å². The van der Waals surface area contributed by atoms with Crippen LogP contribution in [-0.4, -0.2) is 67.7 Å². The van der Waals surface area contributed by atoms with Gasteiger partial charge in [-0.3, -0.25) is 9.59 Å². The zero-order valence-corrected chi connectivity index (χ0v) is 18.6. The number of carbonyl (C=O) groups excluding carboxylic acids is 2. The Kier molecular flexibility index (Phi) is 6.84. The van der Waals surface area contributed by atoms with Crippen molar-refractivity contribution in [2.45, 2.75) is 20.3 Å². The molecule has 0 spiro atoms. The Hall–Kier alpha value is -3.20. The molecule has 2 aliphatic rings. The fourth-order valence-electron chi connectivity index (χ4n) is 3.96. The molecule has 1 atom stereocenters. The number of nitrogens with one attached hydrogen (secondary N) is 2. The summed E-state index contributed by atoms with van der Waals surface area (Å²) in [4.78, 5) is 37.5. The molecule has 9 nitrogen and oxygen atoms in total. The fraction of sp³-hybridized carbons (Fsp3) is 0.478. The number of ether oxygens (including phenoxy) is 1. The number of nitrogens with zero attached hydrogens (tertiary/aromatic N) is 4. The first-order valence-electron chi connectivity index (χ1n) is 11.0. The van der Waals surface area contributed by atoms with Gasteiger partial charge in [0.2, 0.25) is 11.8 Å². The summed E-state index contributed by atoms with van der Waals surface area (Å²) in [6.07, 6.45) is 1.78. The molecule has 2 N–H and O–H groups in total. The standard InChI is InChI=1S/C23H30N6O3/c1-16-3-4-19(11-17(16)2)29-14-18(12-22(29)30)23(31)25-6-5-24-20-13-21(27-15-26-20)28-7-9-32-10-8-28/h3-4,11,13,15,18H,5-10,12,14H2,1-2H3,(H,25,31)(H,24,26,27). The lowest BCUT2D eigenvalue weighted by atomic mass is 10.1. The van der Waals surface area contributed by atoms with Gasteiger partial charge in [-0.1, -0.05) is 6.07 Å². The van der Waals surface area contributed by atoms with Crippen LogP contribution in [0.25, 0.3) is 0 Å². The van der Waals surface area contributed by atoms with Crippen molar-refractivity contribution in [1.29, 1.82) is 0 Å². The Bertz CT molecular complexity index is 976. The third kappa shape index (κ3) is 5.16.